The molecule has 1 aliphatic rings. The summed E-state index contributed by atoms with van der Waals surface area (Å²) in [5.74, 6) is -0.657. The molecule has 1 saturated carbocycles. The first kappa shape index (κ1) is 15.5. The number of nitrogens with one attached hydrogen (secondary N) is 1. The third-order valence-electron chi connectivity index (χ3n) is 5.23. The Morgan fingerprint density at radius 2 is 1.67 bits per heavy atom. The van der Waals surface area contributed by atoms with Gasteiger partial charge in [-0.15, -0.1) is 0 Å². The third-order valence-corrected chi connectivity index (χ3v) is 5.23. The minimum Gasteiger partial charge on any atom is -0.368 e. The molecule has 0 aromatic heterocycles. The van der Waals surface area contributed by atoms with Crippen molar-refractivity contribution in [2.24, 2.45) is 22.5 Å². The zero-order valence-corrected chi connectivity index (χ0v) is 13.1. The largest absolute Gasteiger partial charge is 0.368 e. The molecule has 0 radical (unpaired) electrons. The van der Waals surface area contributed by atoms with E-state index in [9.17, 15) is 9.59 Å². The number of carbonyl (C=O) groups is 2. The minimum atomic E-state index is -0.660. The fraction of sp³-hybridized carbons (Fsp3) is 0.529. The van der Waals surface area contributed by atoms with E-state index in [1.807, 2.05) is 30.3 Å². The Labute approximate surface area is 126 Å². The van der Waals surface area contributed by atoms with Gasteiger partial charge in [-0.1, -0.05) is 58.0 Å². The molecule has 0 aliphatic heterocycles. The minimum absolute atomic E-state index is 0.0496. The third kappa shape index (κ3) is 2.80. The van der Waals surface area contributed by atoms with Crippen LogP contribution in [0.2, 0.25) is 0 Å². The van der Waals surface area contributed by atoms with E-state index >= 15 is 0 Å². The Balaban J connectivity index is 2.05. The number of primary amides is 1. The summed E-state index contributed by atoms with van der Waals surface area (Å²) in [5.41, 5.74) is 6.32. The van der Waals surface area contributed by atoms with E-state index in [-0.39, 0.29) is 22.7 Å². The lowest BCUT2D eigenvalue weighted by Gasteiger charge is -2.16. The van der Waals surface area contributed by atoms with Crippen LogP contribution in [0, 0.1) is 16.7 Å². The standard InChI is InChI=1S/C17H24N2O2/c1-16(2)13(17(16,3)4)15(21)19-12(14(18)20)10-11-8-6-5-7-9-11/h5-9,12-13H,10H2,1-4H3,(H2,18,20)(H,19,21)/t12-/m0/s1. The van der Waals surface area contributed by atoms with Gasteiger partial charge in [0.25, 0.3) is 0 Å². The summed E-state index contributed by atoms with van der Waals surface area (Å²) in [5, 5.41) is 2.82. The average Bonchev–Trinajstić information content (AvgIpc) is 2.80. The van der Waals surface area contributed by atoms with Crippen molar-refractivity contribution in [3.05, 3.63) is 35.9 Å². The Hall–Kier alpha value is -1.84. The van der Waals surface area contributed by atoms with E-state index in [4.69, 9.17) is 5.73 Å². The summed E-state index contributed by atoms with van der Waals surface area (Å²) < 4.78 is 0. The topological polar surface area (TPSA) is 72.2 Å². The first-order valence-corrected chi connectivity index (χ1v) is 7.31. The van der Waals surface area contributed by atoms with Crippen LogP contribution in [-0.4, -0.2) is 17.9 Å². The molecule has 1 aliphatic carbocycles. The number of amides is 2. The van der Waals surface area contributed by atoms with Gasteiger partial charge >= 0.3 is 0 Å². The van der Waals surface area contributed by atoms with Crippen molar-refractivity contribution >= 4 is 11.8 Å². The van der Waals surface area contributed by atoms with E-state index in [0.29, 0.717) is 6.42 Å². The van der Waals surface area contributed by atoms with Crippen molar-refractivity contribution in [2.75, 3.05) is 0 Å². The molecule has 0 unspecified atom stereocenters. The van der Waals surface area contributed by atoms with Crippen LogP contribution in [-0.2, 0) is 16.0 Å². The number of hydrogen-bond acceptors (Lipinski definition) is 2. The first-order chi connectivity index (χ1) is 9.68. The molecule has 0 heterocycles. The quantitative estimate of drug-likeness (QED) is 0.868. The molecule has 2 rings (SSSR count). The molecule has 4 nitrogen and oxygen atoms in total. The molecule has 2 amide bonds. The van der Waals surface area contributed by atoms with Crippen LogP contribution in [0.4, 0.5) is 0 Å². The second-order valence-corrected chi connectivity index (χ2v) is 7.03. The van der Waals surface area contributed by atoms with Crippen LogP contribution < -0.4 is 11.1 Å². The van der Waals surface area contributed by atoms with Crippen molar-refractivity contribution in [2.45, 2.75) is 40.2 Å². The molecule has 4 heteroatoms. The number of carbonyl (C=O) groups excluding carboxylic acids is 2. The maximum atomic E-state index is 12.4. The SMILES string of the molecule is CC1(C)C(C(=O)N[C@@H](Cc2ccccc2)C(N)=O)C1(C)C. The van der Waals surface area contributed by atoms with Crippen LogP contribution in [0.25, 0.3) is 0 Å². The monoisotopic (exact) mass is 288 g/mol. The van der Waals surface area contributed by atoms with Gasteiger partial charge in [0.1, 0.15) is 6.04 Å². The second-order valence-electron chi connectivity index (χ2n) is 7.03. The molecule has 0 spiro atoms. The van der Waals surface area contributed by atoms with Gasteiger partial charge in [-0.3, -0.25) is 9.59 Å². The van der Waals surface area contributed by atoms with Gasteiger partial charge in [0.05, 0.1) is 0 Å². The van der Waals surface area contributed by atoms with Gasteiger partial charge in [0.2, 0.25) is 11.8 Å². The van der Waals surface area contributed by atoms with Crippen LogP contribution in [0.3, 0.4) is 0 Å². The number of nitrogens with two attached hydrogens (primary N) is 1. The summed E-state index contributed by atoms with van der Waals surface area (Å²) in [7, 11) is 0. The van der Waals surface area contributed by atoms with Gasteiger partial charge < -0.3 is 11.1 Å². The van der Waals surface area contributed by atoms with Crippen molar-refractivity contribution in [3.63, 3.8) is 0 Å². The van der Waals surface area contributed by atoms with Crippen molar-refractivity contribution in [1.82, 2.24) is 5.32 Å². The Bertz CT molecular complexity index is 535. The van der Waals surface area contributed by atoms with E-state index in [2.05, 4.69) is 33.0 Å². The predicted molar refractivity (Wildman–Crippen MR) is 82.3 cm³/mol. The lowest BCUT2D eigenvalue weighted by molar-refractivity contribution is -0.128. The summed E-state index contributed by atoms with van der Waals surface area (Å²) in [6.45, 7) is 8.31. The van der Waals surface area contributed by atoms with Crippen molar-refractivity contribution < 1.29 is 9.59 Å². The van der Waals surface area contributed by atoms with E-state index in [1.165, 1.54) is 0 Å². The lowest BCUT2D eigenvalue weighted by atomic mass is 10.0. The van der Waals surface area contributed by atoms with Gasteiger partial charge in [0, 0.05) is 12.3 Å². The highest BCUT2D eigenvalue weighted by atomic mass is 16.2. The Kier molecular flexibility index (Phi) is 3.83. The first-order valence-electron chi connectivity index (χ1n) is 7.31. The molecule has 1 atom stereocenters. The number of hydrogen-bond donors (Lipinski definition) is 2. The lowest BCUT2D eigenvalue weighted by Crippen LogP contribution is -2.47. The molecular formula is C17H24N2O2. The van der Waals surface area contributed by atoms with E-state index in [1.54, 1.807) is 0 Å². The van der Waals surface area contributed by atoms with Crippen LogP contribution in [0.5, 0.6) is 0 Å². The zero-order valence-electron chi connectivity index (χ0n) is 13.1. The normalized spacial score (nSPS) is 20.6. The molecule has 3 N–H and O–H groups in total. The smallest absolute Gasteiger partial charge is 0.240 e. The highest BCUT2D eigenvalue weighted by Crippen LogP contribution is 2.68. The summed E-state index contributed by atoms with van der Waals surface area (Å²) >= 11 is 0. The molecule has 1 aromatic rings. The predicted octanol–water partition coefficient (Wildman–Crippen LogP) is 1.88. The highest BCUT2D eigenvalue weighted by Gasteiger charge is 2.68. The van der Waals surface area contributed by atoms with Gasteiger partial charge in [0.15, 0.2) is 0 Å². The van der Waals surface area contributed by atoms with E-state index < -0.39 is 11.9 Å². The maximum absolute atomic E-state index is 12.4. The number of rotatable bonds is 5. The van der Waals surface area contributed by atoms with Crippen LogP contribution in [0.15, 0.2) is 30.3 Å². The molecular weight excluding hydrogens is 264 g/mol. The van der Waals surface area contributed by atoms with Gasteiger partial charge in [-0.05, 0) is 16.4 Å². The summed E-state index contributed by atoms with van der Waals surface area (Å²) in [6, 6.07) is 8.91. The molecule has 1 fully saturated rings. The van der Waals surface area contributed by atoms with Crippen LogP contribution in [0.1, 0.15) is 33.3 Å². The fourth-order valence-electron chi connectivity index (χ4n) is 3.18. The van der Waals surface area contributed by atoms with Gasteiger partial charge in [-0.25, -0.2) is 0 Å². The summed E-state index contributed by atoms with van der Waals surface area (Å²) in [6.07, 6.45) is 0.426. The second kappa shape index (κ2) is 5.17. The summed E-state index contributed by atoms with van der Waals surface area (Å²) in [4.78, 5) is 24.0. The van der Waals surface area contributed by atoms with Crippen molar-refractivity contribution in [1.29, 1.82) is 0 Å². The number of benzene rings is 1. The highest BCUT2D eigenvalue weighted by molar-refractivity contribution is 5.90. The van der Waals surface area contributed by atoms with E-state index in [0.717, 1.165) is 5.56 Å². The Morgan fingerprint density at radius 3 is 2.10 bits per heavy atom. The zero-order chi connectivity index (χ0) is 15.8. The molecule has 0 saturated heterocycles. The van der Waals surface area contributed by atoms with Crippen molar-refractivity contribution in [3.8, 4) is 0 Å². The molecule has 0 bridgehead atoms. The maximum Gasteiger partial charge on any atom is 0.240 e. The average molecular weight is 288 g/mol. The Morgan fingerprint density at radius 1 is 1.14 bits per heavy atom. The molecule has 1 aromatic carbocycles. The van der Waals surface area contributed by atoms with Gasteiger partial charge in [-0.2, -0.15) is 0 Å². The molecule has 21 heavy (non-hydrogen) atoms. The fourth-order valence-corrected chi connectivity index (χ4v) is 3.18. The van der Waals surface area contributed by atoms with Crippen LogP contribution >= 0.6 is 0 Å². The molecule has 114 valence electrons.